The normalized spacial score (nSPS) is 19.2. The summed E-state index contributed by atoms with van der Waals surface area (Å²) in [5.41, 5.74) is 0.126. The quantitative estimate of drug-likeness (QED) is 0.0670. The predicted octanol–water partition coefficient (Wildman–Crippen LogP) is 5.72. The number of aromatic nitrogens is 2. The van der Waals surface area contributed by atoms with Crippen molar-refractivity contribution in [3.05, 3.63) is 88.7 Å². The van der Waals surface area contributed by atoms with Crippen LogP contribution in [-0.2, 0) is 34.7 Å². The minimum Gasteiger partial charge on any atom is -0.491 e. The molecular weight excluding hydrogens is 822 g/mol. The topological polar surface area (TPSA) is 177 Å². The van der Waals surface area contributed by atoms with Crippen LogP contribution >= 0.6 is 0 Å². The Morgan fingerprint density at radius 3 is 2.15 bits per heavy atom. The highest BCUT2D eigenvalue weighted by molar-refractivity contribution is 6.23. The minimum atomic E-state index is -4.61. The van der Waals surface area contributed by atoms with E-state index in [2.05, 4.69) is 15.6 Å². The lowest BCUT2D eigenvalue weighted by Crippen LogP contribution is -2.54. The van der Waals surface area contributed by atoms with E-state index in [1.165, 1.54) is 36.4 Å². The van der Waals surface area contributed by atoms with Gasteiger partial charge in [0.2, 0.25) is 17.8 Å². The smallest absolute Gasteiger partial charge is 0.416 e. The fourth-order valence-corrected chi connectivity index (χ4v) is 7.78. The molecule has 0 spiro atoms. The number of rotatable bonds is 19. The molecule has 2 N–H and O–H groups in total. The number of hydrogen-bond donors (Lipinski definition) is 2. The van der Waals surface area contributed by atoms with Gasteiger partial charge >= 0.3 is 6.18 Å². The molecule has 2 fully saturated rings. The lowest BCUT2D eigenvalue weighted by Gasteiger charge is -2.30. The molecule has 19 heteroatoms. The average molecular weight is 868 g/mol. The first kappa shape index (κ1) is 44.3. The van der Waals surface area contributed by atoms with Crippen molar-refractivity contribution in [1.29, 1.82) is 0 Å². The molecule has 5 amide bonds. The zero-order valence-electron chi connectivity index (χ0n) is 33.5. The Balaban J connectivity index is 0.738. The van der Waals surface area contributed by atoms with Crippen molar-refractivity contribution in [3.63, 3.8) is 0 Å². The molecule has 4 aromatic rings. The summed E-state index contributed by atoms with van der Waals surface area (Å²) < 4.78 is 84.0. The third-order valence-electron chi connectivity index (χ3n) is 10.9. The molecule has 3 aromatic carbocycles. The van der Waals surface area contributed by atoms with Crippen LogP contribution in [0.1, 0.15) is 81.2 Å². The zero-order chi connectivity index (χ0) is 43.8. The number of carbonyl (C=O) groups is 5. The standard InChI is InChI=1S/C43H45F4N5O10/c44-29-6-11-35-34(23-29)48-42(50-38(54)27-2-1-3-28(22-27)43(45,46)47)51(35)30-7-4-26(5-8-30)25-61-19-18-59-15-14-58-16-17-60-20-21-62-31-9-10-32-33(24-31)41(57)52(40(32)56)36-12-13-37(53)49-39(36)55/h1-3,6,9-11,22-24,26,30,36H,4-5,7-8,12-21,25H2,(H,48,50,54)(H,49,53,55)/t26-,30+,36?. The number of anilines is 1. The number of halogens is 4. The molecule has 330 valence electrons. The number of imidazole rings is 1. The van der Waals surface area contributed by atoms with Gasteiger partial charge in [-0.25, -0.2) is 9.37 Å². The largest absolute Gasteiger partial charge is 0.491 e. The number of hydrogen-bond acceptors (Lipinski definition) is 11. The molecule has 15 nitrogen and oxygen atoms in total. The second kappa shape index (κ2) is 20.0. The van der Waals surface area contributed by atoms with Crippen LogP contribution in [0.5, 0.6) is 5.75 Å². The molecule has 7 rings (SSSR count). The number of fused-ring (bicyclic) bond motifs is 2. The van der Waals surface area contributed by atoms with Crippen LogP contribution in [-0.4, -0.2) is 109 Å². The molecule has 1 aromatic heterocycles. The molecule has 0 bridgehead atoms. The van der Waals surface area contributed by atoms with E-state index in [-0.39, 0.29) is 60.7 Å². The highest BCUT2D eigenvalue weighted by atomic mass is 19.4. The summed E-state index contributed by atoms with van der Waals surface area (Å²) in [5, 5.41) is 4.83. The van der Waals surface area contributed by atoms with E-state index in [9.17, 15) is 41.5 Å². The van der Waals surface area contributed by atoms with Crippen LogP contribution in [0.4, 0.5) is 23.5 Å². The number of ether oxygens (including phenoxy) is 5. The molecule has 3 heterocycles. The minimum absolute atomic E-state index is 0.0401. The van der Waals surface area contributed by atoms with Crippen molar-refractivity contribution in [2.75, 3.05) is 64.8 Å². The van der Waals surface area contributed by atoms with Crippen LogP contribution in [0.15, 0.2) is 60.7 Å². The predicted molar refractivity (Wildman–Crippen MR) is 212 cm³/mol. The van der Waals surface area contributed by atoms with Crippen LogP contribution < -0.4 is 15.4 Å². The van der Waals surface area contributed by atoms with Gasteiger partial charge in [-0.2, -0.15) is 13.2 Å². The molecule has 1 aliphatic carbocycles. The summed E-state index contributed by atoms with van der Waals surface area (Å²) in [5.74, 6) is -2.77. The Morgan fingerprint density at radius 2 is 1.45 bits per heavy atom. The van der Waals surface area contributed by atoms with Gasteiger partial charge in [-0.3, -0.25) is 39.5 Å². The number of amides is 5. The van der Waals surface area contributed by atoms with Gasteiger partial charge in [0.1, 0.15) is 24.2 Å². The summed E-state index contributed by atoms with van der Waals surface area (Å²) in [4.78, 5) is 68.0. The van der Waals surface area contributed by atoms with Gasteiger partial charge in [0.05, 0.1) is 74.0 Å². The maximum Gasteiger partial charge on any atom is 0.416 e. The first-order valence-electron chi connectivity index (χ1n) is 20.3. The molecule has 1 atom stereocenters. The Bertz CT molecular complexity index is 2290. The van der Waals surface area contributed by atoms with Crippen molar-refractivity contribution in [3.8, 4) is 5.75 Å². The summed E-state index contributed by atoms with van der Waals surface area (Å²) in [6.07, 6.45) is -1.40. The molecular formula is C43H45F4N5O10. The zero-order valence-corrected chi connectivity index (χ0v) is 33.5. The summed E-state index contributed by atoms with van der Waals surface area (Å²) in [6, 6.07) is 11.7. The van der Waals surface area contributed by atoms with Gasteiger partial charge in [-0.1, -0.05) is 6.07 Å². The maximum absolute atomic E-state index is 14.1. The van der Waals surface area contributed by atoms with E-state index in [1.54, 1.807) is 12.1 Å². The van der Waals surface area contributed by atoms with E-state index in [1.807, 2.05) is 4.57 Å². The third-order valence-corrected chi connectivity index (χ3v) is 10.9. The van der Waals surface area contributed by atoms with E-state index in [0.29, 0.717) is 63.0 Å². The molecule has 1 saturated heterocycles. The summed E-state index contributed by atoms with van der Waals surface area (Å²) >= 11 is 0. The SMILES string of the molecule is O=C1CCC(N2C(=O)c3ccc(OCCOCCOCCOCCOC[C@H]4CC[C@@H](n5c(NC(=O)c6cccc(C(F)(F)F)c6)nc6cc(F)ccc65)CC4)cc3C2=O)C(=O)N1. The third kappa shape index (κ3) is 10.6. The van der Waals surface area contributed by atoms with Crippen LogP contribution in [0.3, 0.4) is 0 Å². The number of carbonyl (C=O) groups excluding carboxylic acids is 5. The van der Waals surface area contributed by atoms with Crippen molar-refractivity contribution in [1.82, 2.24) is 19.8 Å². The number of nitrogens with one attached hydrogen (secondary N) is 2. The van der Waals surface area contributed by atoms with Crippen LogP contribution in [0.25, 0.3) is 11.0 Å². The first-order valence-corrected chi connectivity index (χ1v) is 20.3. The van der Waals surface area contributed by atoms with E-state index < -0.39 is 53.1 Å². The fourth-order valence-electron chi connectivity index (χ4n) is 7.78. The van der Waals surface area contributed by atoms with Gasteiger partial charge in [-0.05, 0) is 86.6 Å². The van der Waals surface area contributed by atoms with Gasteiger partial charge in [0.15, 0.2) is 0 Å². The molecule has 2 aliphatic heterocycles. The molecule has 62 heavy (non-hydrogen) atoms. The molecule has 3 aliphatic rings. The Morgan fingerprint density at radius 1 is 0.774 bits per heavy atom. The number of nitrogens with zero attached hydrogens (tertiary/aromatic N) is 3. The van der Waals surface area contributed by atoms with E-state index in [0.717, 1.165) is 42.7 Å². The summed E-state index contributed by atoms with van der Waals surface area (Å²) in [7, 11) is 0. The highest BCUT2D eigenvalue weighted by Crippen LogP contribution is 2.38. The average Bonchev–Trinajstić information content (AvgIpc) is 3.72. The number of piperidine rings is 1. The number of alkyl halides is 3. The lowest BCUT2D eigenvalue weighted by atomic mass is 9.86. The Kier molecular flexibility index (Phi) is 14.3. The van der Waals surface area contributed by atoms with Crippen molar-refractivity contribution >= 4 is 46.5 Å². The highest BCUT2D eigenvalue weighted by Gasteiger charge is 2.44. The first-order chi connectivity index (χ1) is 29.9. The maximum atomic E-state index is 14.1. The second-order valence-corrected chi connectivity index (χ2v) is 15.1. The summed E-state index contributed by atoms with van der Waals surface area (Å²) in [6.45, 7) is 3.14. The van der Waals surface area contributed by atoms with Gasteiger partial charge in [-0.15, -0.1) is 0 Å². The van der Waals surface area contributed by atoms with Crippen molar-refractivity contribution in [2.45, 2.75) is 56.8 Å². The van der Waals surface area contributed by atoms with Gasteiger partial charge in [0, 0.05) is 30.7 Å². The van der Waals surface area contributed by atoms with Gasteiger partial charge < -0.3 is 28.3 Å². The van der Waals surface area contributed by atoms with E-state index >= 15 is 0 Å². The molecule has 0 radical (unpaired) electrons. The fraction of sp³-hybridized carbons (Fsp3) is 0.442. The van der Waals surface area contributed by atoms with Crippen molar-refractivity contribution < 1.29 is 65.2 Å². The molecule has 1 unspecified atom stereocenters. The monoisotopic (exact) mass is 867 g/mol. The Labute approximate surface area is 353 Å². The van der Waals surface area contributed by atoms with Gasteiger partial charge in [0.25, 0.3) is 17.7 Å². The van der Waals surface area contributed by atoms with Crippen LogP contribution in [0, 0.1) is 11.7 Å². The lowest BCUT2D eigenvalue weighted by molar-refractivity contribution is -0.138. The van der Waals surface area contributed by atoms with Crippen molar-refractivity contribution in [2.24, 2.45) is 5.92 Å². The molecule has 1 saturated carbocycles. The second-order valence-electron chi connectivity index (χ2n) is 15.1. The van der Waals surface area contributed by atoms with Crippen LogP contribution in [0.2, 0.25) is 0 Å². The van der Waals surface area contributed by atoms with E-state index in [4.69, 9.17) is 23.7 Å². The number of imide groups is 2. The Hall–Kier alpha value is -5.76. The number of benzene rings is 3.